The van der Waals surface area contributed by atoms with Crippen LogP contribution in [-0.4, -0.2) is 24.9 Å². The molecule has 0 aliphatic carbocycles. The first-order valence-electron chi connectivity index (χ1n) is 9.59. The van der Waals surface area contributed by atoms with E-state index in [0.29, 0.717) is 18.3 Å². The van der Waals surface area contributed by atoms with Gasteiger partial charge in [-0.2, -0.15) is 0 Å². The third-order valence-electron chi connectivity index (χ3n) is 5.15. The van der Waals surface area contributed by atoms with E-state index in [-0.39, 0.29) is 24.2 Å². The number of hydrogen-bond acceptors (Lipinski definition) is 3. The molecule has 1 saturated heterocycles. The number of carbonyl (C=O) groups excluding carboxylic acids is 2. The normalized spacial score (nSPS) is 16.2. The van der Waals surface area contributed by atoms with Crippen LogP contribution in [-0.2, 0) is 9.59 Å². The molecule has 27 heavy (non-hydrogen) atoms. The Kier molecular flexibility index (Phi) is 8.76. The molecule has 0 spiro atoms. The quantitative estimate of drug-likeness (QED) is 0.693. The number of halogens is 1. The summed E-state index contributed by atoms with van der Waals surface area (Å²) in [6.07, 6.45) is 2.81. The van der Waals surface area contributed by atoms with E-state index in [1.54, 1.807) is 0 Å². The number of carbonyl (C=O) groups is 2. The van der Waals surface area contributed by atoms with Crippen molar-refractivity contribution in [3.05, 3.63) is 23.8 Å². The summed E-state index contributed by atoms with van der Waals surface area (Å²) in [4.78, 5) is 24.7. The maximum absolute atomic E-state index is 12.4. The fourth-order valence-corrected chi connectivity index (χ4v) is 3.23. The first-order valence-corrected chi connectivity index (χ1v) is 9.59. The van der Waals surface area contributed by atoms with Crippen LogP contribution in [0.15, 0.2) is 18.2 Å². The predicted octanol–water partition coefficient (Wildman–Crippen LogP) is 4.37. The van der Waals surface area contributed by atoms with E-state index >= 15 is 0 Å². The maximum Gasteiger partial charge on any atom is 0.229 e. The van der Waals surface area contributed by atoms with Crippen LogP contribution in [0.4, 0.5) is 11.4 Å². The molecule has 0 bridgehead atoms. The number of amides is 2. The van der Waals surface area contributed by atoms with Gasteiger partial charge in [0.1, 0.15) is 0 Å². The molecule has 2 amide bonds. The zero-order chi connectivity index (χ0) is 19.3. The van der Waals surface area contributed by atoms with Gasteiger partial charge in [0.25, 0.3) is 0 Å². The molecule has 1 atom stereocenters. The fraction of sp³-hybridized carbons (Fsp3) is 0.619. The summed E-state index contributed by atoms with van der Waals surface area (Å²) in [6.45, 7) is 11.8. The van der Waals surface area contributed by atoms with Gasteiger partial charge in [0.2, 0.25) is 11.8 Å². The molecule has 0 aromatic heterocycles. The molecule has 3 N–H and O–H groups in total. The highest BCUT2D eigenvalue weighted by molar-refractivity contribution is 5.97. The van der Waals surface area contributed by atoms with E-state index in [2.05, 4.69) is 22.9 Å². The van der Waals surface area contributed by atoms with Crippen LogP contribution in [0.2, 0.25) is 0 Å². The third kappa shape index (κ3) is 7.15. The lowest BCUT2D eigenvalue weighted by Gasteiger charge is -2.27. The minimum absolute atomic E-state index is 0. The summed E-state index contributed by atoms with van der Waals surface area (Å²) in [5.41, 5.74) is 1.98. The van der Waals surface area contributed by atoms with Crippen molar-refractivity contribution in [2.75, 3.05) is 23.7 Å². The Morgan fingerprint density at radius 2 is 1.81 bits per heavy atom. The predicted molar refractivity (Wildman–Crippen MR) is 115 cm³/mol. The zero-order valence-corrected chi connectivity index (χ0v) is 18.0. The standard InChI is InChI=1S/C21H33N3O2.ClH/c1-14-6-7-17(13-18(14)24-20(26)21(3,4)5)23-19(25)12-15(2)16-8-10-22-11-9-16;/h6-7,13,15-16,22H,8-12H2,1-5H3,(H,23,25)(H,24,26);1H. The van der Waals surface area contributed by atoms with Crippen molar-refractivity contribution < 1.29 is 9.59 Å². The lowest BCUT2D eigenvalue weighted by Crippen LogP contribution is -2.32. The lowest BCUT2D eigenvalue weighted by atomic mass is 9.84. The van der Waals surface area contributed by atoms with Gasteiger partial charge in [-0.1, -0.05) is 33.8 Å². The molecular weight excluding hydrogens is 362 g/mol. The van der Waals surface area contributed by atoms with Crippen molar-refractivity contribution in [1.29, 1.82) is 0 Å². The molecule has 1 aliphatic rings. The van der Waals surface area contributed by atoms with E-state index in [1.165, 1.54) is 0 Å². The molecule has 0 saturated carbocycles. The summed E-state index contributed by atoms with van der Waals surface area (Å²) >= 11 is 0. The van der Waals surface area contributed by atoms with Crippen LogP contribution in [0.3, 0.4) is 0 Å². The van der Waals surface area contributed by atoms with Gasteiger partial charge < -0.3 is 16.0 Å². The van der Waals surface area contributed by atoms with E-state index < -0.39 is 5.41 Å². The second kappa shape index (κ2) is 10.1. The molecule has 1 heterocycles. The Labute approximate surface area is 169 Å². The van der Waals surface area contributed by atoms with Gasteiger partial charge in [-0.15, -0.1) is 12.4 Å². The Balaban J connectivity index is 0.00000364. The average molecular weight is 396 g/mol. The first kappa shape index (κ1) is 23.4. The molecule has 5 nitrogen and oxygen atoms in total. The van der Waals surface area contributed by atoms with Crippen LogP contribution < -0.4 is 16.0 Å². The van der Waals surface area contributed by atoms with Crippen molar-refractivity contribution in [2.24, 2.45) is 17.3 Å². The number of piperidine rings is 1. The SMILES string of the molecule is Cc1ccc(NC(=O)CC(C)C2CCNCC2)cc1NC(=O)C(C)(C)C.Cl. The second-order valence-corrected chi connectivity index (χ2v) is 8.55. The lowest BCUT2D eigenvalue weighted by molar-refractivity contribution is -0.123. The molecule has 2 rings (SSSR count). The Morgan fingerprint density at radius 3 is 2.41 bits per heavy atom. The minimum atomic E-state index is -0.462. The molecule has 1 aromatic rings. The van der Waals surface area contributed by atoms with Gasteiger partial charge in [0, 0.05) is 23.2 Å². The smallest absolute Gasteiger partial charge is 0.229 e. The van der Waals surface area contributed by atoms with Crippen molar-refractivity contribution in [3.63, 3.8) is 0 Å². The van der Waals surface area contributed by atoms with E-state index in [4.69, 9.17) is 0 Å². The van der Waals surface area contributed by atoms with Gasteiger partial charge in [0.15, 0.2) is 0 Å². The third-order valence-corrected chi connectivity index (χ3v) is 5.15. The molecule has 1 unspecified atom stereocenters. The summed E-state index contributed by atoms with van der Waals surface area (Å²) in [5, 5.41) is 9.31. The summed E-state index contributed by atoms with van der Waals surface area (Å²) in [7, 11) is 0. The molecule has 1 aromatic carbocycles. The van der Waals surface area contributed by atoms with Crippen LogP contribution >= 0.6 is 12.4 Å². The van der Waals surface area contributed by atoms with Crippen LogP contribution in [0.5, 0.6) is 0 Å². The minimum Gasteiger partial charge on any atom is -0.326 e. The number of benzene rings is 1. The Bertz CT molecular complexity index is 649. The van der Waals surface area contributed by atoms with Gasteiger partial charge in [-0.3, -0.25) is 9.59 Å². The molecule has 152 valence electrons. The van der Waals surface area contributed by atoms with Crippen molar-refractivity contribution >= 4 is 35.6 Å². The first-order chi connectivity index (χ1) is 12.2. The molecule has 1 fully saturated rings. The van der Waals surface area contributed by atoms with E-state index in [9.17, 15) is 9.59 Å². The number of rotatable bonds is 5. The summed E-state index contributed by atoms with van der Waals surface area (Å²) in [5.74, 6) is 0.987. The largest absolute Gasteiger partial charge is 0.326 e. The van der Waals surface area contributed by atoms with Crippen LogP contribution in [0.25, 0.3) is 0 Å². The average Bonchev–Trinajstić information content (AvgIpc) is 2.57. The zero-order valence-electron chi connectivity index (χ0n) is 17.1. The number of anilines is 2. The topological polar surface area (TPSA) is 70.2 Å². The van der Waals surface area contributed by atoms with E-state index in [0.717, 1.165) is 42.9 Å². The monoisotopic (exact) mass is 395 g/mol. The van der Waals surface area contributed by atoms with Crippen molar-refractivity contribution in [3.8, 4) is 0 Å². The van der Waals surface area contributed by atoms with Crippen LogP contribution in [0, 0.1) is 24.2 Å². The summed E-state index contributed by atoms with van der Waals surface area (Å²) < 4.78 is 0. The van der Waals surface area contributed by atoms with E-state index in [1.807, 2.05) is 45.9 Å². The van der Waals surface area contributed by atoms with Crippen molar-refractivity contribution in [1.82, 2.24) is 5.32 Å². The van der Waals surface area contributed by atoms with Crippen molar-refractivity contribution in [2.45, 2.75) is 53.9 Å². The number of nitrogens with one attached hydrogen (secondary N) is 3. The fourth-order valence-electron chi connectivity index (χ4n) is 3.23. The van der Waals surface area contributed by atoms with Gasteiger partial charge in [-0.05, 0) is 62.4 Å². The maximum atomic E-state index is 12.4. The Hall–Kier alpha value is -1.59. The molecule has 1 aliphatic heterocycles. The second-order valence-electron chi connectivity index (χ2n) is 8.55. The van der Waals surface area contributed by atoms with Gasteiger partial charge in [0.05, 0.1) is 0 Å². The Morgan fingerprint density at radius 1 is 1.19 bits per heavy atom. The molecular formula is C21H34ClN3O2. The molecule has 0 radical (unpaired) electrons. The highest BCUT2D eigenvalue weighted by Gasteiger charge is 2.23. The summed E-state index contributed by atoms with van der Waals surface area (Å²) in [6, 6.07) is 5.64. The number of hydrogen-bond donors (Lipinski definition) is 3. The highest BCUT2D eigenvalue weighted by atomic mass is 35.5. The highest BCUT2D eigenvalue weighted by Crippen LogP contribution is 2.26. The molecule has 6 heteroatoms. The van der Waals surface area contributed by atoms with Gasteiger partial charge in [-0.25, -0.2) is 0 Å². The van der Waals surface area contributed by atoms with Crippen LogP contribution in [0.1, 0.15) is 52.5 Å². The number of aryl methyl sites for hydroxylation is 1. The van der Waals surface area contributed by atoms with Gasteiger partial charge >= 0.3 is 0 Å².